The highest BCUT2D eigenvalue weighted by atomic mass is 16.3. The van der Waals surface area contributed by atoms with Crippen molar-refractivity contribution in [1.82, 2.24) is 35.1 Å². The van der Waals surface area contributed by atoms with Crippen LogP contribution in [0.3, 0.4) is 0 Å². The highest BCUT2D eigenvalue weighted by Crippen LogP contribution is 2.33. The van der Waals surface area contributed by atoms with Crippen LogP contribution in [0, 0.1) is 0 Å². The lowest BCUT2D eigenvalue weighted by atomic mass is 10.1. The van der Waals surface area contributed by atoms with Gasteiger partial charge in [0.15, 0.2) is 0 Å². The number of H-pyrrole nitrogens is 2. The van der Waals surface area contributed by atoms with Gasteiger partial charge in [-0.15, -0.1) is 0 Å². The van der Waals surface area contributed by atoms with Crippen molar-refractivity contribution in [3.05, 3.63) is 73.6 Å². The summed E-state index contributed by atoms with van der Waals surface area (Å²) in [5, 5.41) is 19.2. The number of aromatic nitrogens is 7. The summed E-state index contributed by atoms with van der Waals surface area (Å²) in [5.41, 5.74) is 6.59. The number of nitrogens with one attached hydrogen (secondary N) is 2. The molecule has 0 unspecified atom stereocenters. The minimum absolute atomic E-state index is 0.0944. The van der Waals surface area contributed by atoms with Crippen molar-refractivity contribution >= 4 is 21.8 Å². The molecule has 0 amide bonds. The van der Waals surface area contributed by atoms with Gasteiger partial charge in [-0.2, -0.15) is 5.10 Å². The Hall–Kier alpha value is -4.59. The fourth-order valence-electron chi connectivity index (χ4n) is 3.75. The van der Waals surface area contributed by atoms with E-state index in [2.05, 4.69) is 41.2 Å². The zero-order valence-electron chi connectivity index (χ0n) is 16.1. The maximum atomic E-state index is 9.76. The zero-order chi connectivity index (χ0) is 20.8. The van der Waals surface area contributed by atoms with E-state index in [1.165, 1.54) is 6.20 Å². The number of pyridine rings is 4. The summed E-state index contributed by atoms with van der Waals surface area (Å²) >= 11 is 0. The molecule has 31 heavy (non-hydrogen) atoms. The van der Waals surface area contributed by atoms with E-state index in [0.717, 1.165) is 50.0 Å². The average molecular weight is 405 g/mol. The number of hydrogen-bond acceptors (Lipinski definition) is 6. The van der Waals surface area contributed by atoms with E-state index in [-0.39, 0.29) is 5.75 Å². The van der Waals surface area contributed by atoms with Gasteiger partial charge < -0.3 is 10.1 Å². The second-order valence-electron chi connectivity index (χ2n) is 7.17. The molecule has 0 fully saturated rings. The molecule has 6 aromatic rings. The molecule has 0 spiro atoms. The summed E-state index contributed by atoms with van der Waals surface area (Å²) in [4.78, 5) is 20.8. The van der Waals surface area contributed by atoms with Gasteiger partial charge in [0.05, 0.1) is 46.7 Å². The Bertz CT molecular complexity index is 1550. The first kappa shape index (κ1) is 17.3. The van der Waals surface area contributed by atoms with Crippen LogP contribution in [0.2, 0.25) is 0 Å². The van der Waals surface area contributed by atoms with Gasteiger partial charge in [0.25, 0.3) is 0 Å². The molecule has 3 N–H and O–H groups in total. The average Bonchev–Trinajstić information content (AvgIpc) is 3.43. The lowest BCUT2D eigenvalue weighted by Crippen LogP contribution is -1.85. The van der Waals surface area contributed by atoms with Gasteiger partial charge in [-0.25, -0.2) is 0 Å². The second kappa shape index (κ2) is 6.74. The number of nitrogens with zero attached hydrogens (tertiary/aromatic N) is 5. The van der Waals surface area contributed by atoms with Gasteiger partial charge >= 0.3 is 0 Å². The van der Waals surface area contributed by atoms with E-state index in [0.29, 0.717) is 5.69 Å². The monoisotopic (exact) mass is 405 g/mol. The second-order valence-corrected chi connectivity index (χ2v) is 7.17. The summed E-state index contributed by atoms with van der Waals surface area (Å²) in [5.74, 6) is 0.0944. The third-order valence-corrected chi connectivity index (χ3v) is 5.21. The molecule has 0 aromatic carbocycles. The van der Waals surface area contributed by atoms with Crippen molar-refractivity contribution in [2.45, 2.75) is 0 Å². The van der Waals surface area contributed by atoms with Gasteiger partial charge in [0, 0.05) is 40.5 Å². The Morgan fingerprint density at radius 2 is 1.71 bits per heavy atom. The molecule has 6 heterocycles. The highest BCUT2D eigenvalue weighted by molar-refractivity contribution is 6.00. The van der Waals surface area contributed by atoms with Gasteiger partial charge in [0.1, 0.15) is 11.4 Å². The van der Waals surface area contributed by atoms with E-state index < -0.39 is 0 Å². The topological polar surface area (TPSA) is 116 Å². The molecule has 0 saturated carbocycles. The van der Waals surface area contributed by atoms with Crippen molar-refractivity contribution in [3.8, 4) is 39.7 Å². The zero-order valence-corrected chi connectivity index (χ0v) is 16.1. The molecule has 8 heteroatoms. The number of rotatable bonds is 3. The largest absolute Gasteiger partial charge is 0.506 e. The molecule has 148 valence electrons. The maximum Gasteiger partial charge on any atom is 0.134 e. The minimum Gasteiger partial charge on any atom is -0.506 e. The Kier molecular flexibility index (Phi) is 3.76. The van der Waals surface area contributed by atoms with Crippen molar-refractivity contribution in [3.63, 3.8) is 0 Å². The fraction of sp³-hybridized carbons (Fsp3) is 0. The van der Waals surface area contributed by atoms with E-state index in [4.69, 9.17) is 0 Å². The van der Waals surface area contributed by atoms with Crippen molar-refractivity contribution in [1.29, 1.82) is 0 Å². The number of aromatic amines is 2. The van der Waals surface area contributed by atoms with E-state index in [1.807, 2.05) is 30.5 Å². The van der Waals surface area contributed by atoms with Crippen LogP contribution in [-0.2, 0) is 0 Å². The first-order chi connectivity index (χ1) is 15.3. The van der Waals surface area contributed by atoms with Crippen LogP contribution in [0.15, 0.2) is 73.6 Å². The summed E-state index contributed by atoms with van der Waals surface area (Å²) in [6.45, 7) is 0. The lowest BCUT2D eigenvalue weighted by Gasteiger charge is -2.01. The van der Waals surface area contributed by atoms with Crippen molar-refractivity contribution < 1.29 is 5.11 Å². The Labute approximate surface area is 175 Å². The smallest absolute Gasteiger partial charge is 0.134 e. The highest BCUT2D eigenvalue weighted by Gasteiger charge is 2.15. The predicted octanol–water partition coefficient (Wildman–Crippen LogP) is 4.33. The van der Waals surface area contributed by atoms with Crippen molar-refractivity contribution in [2.75, 3.05) is 0 Å². The van der Waals surface area contributed by atoms with E-state index in [9.17, 15) is 5.11 Å². The van der Waals surface area contributed by atoms with E-state index >= 15 is 0 Å². The fourth-order valence-corrected chi connectivity index (χ4v) is 3.75. The Balaban J connectivity index is 1.51. The van der Waals surface area contributed by atoms with Crippen LogP contribution in [-0.4, -0.2) is 40.2 Å². The molecule has 0 saturated heterocycles. The summed E-state index contributed by atoms with van der Waals surface area (Å²) in [7, 11) is 0. The molecule has 6 rings (SSSR count). The van der Waals surface area contributed by atoms with Crippen LogP contribution in [0.1, 0.15) is 0 Å². The Morgan fingerprint density at radius 1 is 0.774 bits per heavy atom. The van der Waals surface area contributed by atoms with E-state index in [1.54, 1.807) is 30.9 Å². The first-order valence-electron chi connectivity index (χ1n) is 9.63. The summed E-state index contributed by atoms with van der Waals surface area (Å²) in [6.07, 6.45) is 10.2. The molecule has 0 aliphatic rings. The third kappa shape index (κ3) is 2.89. The maximum absolute atomic E-state index is 9.76. The summed E-state index contributed by atoms with van der Waals surface area (Å²) in [6, 6.07) is 11.5. The predicted molar refractivity (Wildman–Crippen MR) is 117 cm³/mol. The molecule has 0 bridgehead atoms. The molecule has 0 atom stereocenters. The number of aromatic hydroxyl groups is 1. The molecule has 0 radical (unpaired) electrons. The minimum atomic E-state index is 0.0944. The van der Waals surface area contributed by atoms with Crippen LogP contribution >= 0.6 is 0 Å². The standard InChI is InChI=1S/C23H15N7O/c31-14-5-13(8-24-9-14)19-7-16-22(12-27-19)29-30-23(16)20-6-15-17(10-25-11-21(15)28-20)18-3-1-2-4-26-18/h1-12,28,31H,(H,29,30). The number of hydrogen-bond donors (Lipinski definition) is 3. The Morgan fingerprint density at radius 3 is 2.58 bits per heavy atom. The molecule has 0 aliphatic carbocycles. The lowest BCUT2D eigenvalue weighted by molar-refractivity contribution is 0.473. The third-order valence-electron chi connectivity index (χ3n) is 5.21. The molecule has 0 aliphatic heterocycles. The normalized spacial score (nSPS) is 11.4. The molecular weight excluding hydrogens is 390 g/mol. The van der Waals surface area contributed by atoms with Crippen LogP contribution in [0.5, 0.6) is 5.75 Å². The SMILES string of the molecule is Oc1cncc(-c2cc3c(-c4cc5c(-c6ccccn6)cncc5[nH]4)n[nH]c3cn2)c1. The summed E-state index contributed by atoms with van der Waals surface area (Å²) < 4.78 is 0. The molecule has 8 nitrogen and oxygen atoms in total. The van der Waals surface area contributed by atoms with Gasteiger partial charge in [-0.05, 0) is 30.3 Å². The number of fused-ring (bicyclic) bond motifs is 2. The molecular formula is C23H15N7O. The van der Waals surface area contributed by atoms with Gasteiger partial charge in [-0.1, -0.05) is 6.07 Å². The van der Waals surface area contributed by atoms with Gasteiger partial charge in [-0.3, -0.25) is 25.0 Å². The van der Waals surface area contributed by atoms with Crippen LogP contribution in [0.25, 0.3) is 55.7 Å². The van der Waals surface area contributed by atoms with Gasteiger partial charge in [0.2, 0.25) is 0 Å². The quantitative estimate of drug-likeness (QED) is 0.403. The van der Waals surface area contributed by atoms with Crippen LogP contribution in [0.4, 0.5) is 0 Å². The van der Waals surface area contributed by atoms with Crippen LogP contribution < -0.4 is 0 Å². The first-order valence-corrected chi connectivity index (χ1v) is 9.63. The molecule has 6 aromatic heterocycles. The van der Waals surface area contributed by atoms with Crippen molar-refractivity contribution in [2.24, 2.45) is 0 Å².